The van der Waals surface area contributed by atoms with Crippen LogP contribution >= 0.6 is 11.3 Å². The average molecular weight is 329 g/mol. The number of carbonyl (C=O) groups is 1. The second-order valence-electron chi connectivity index (χ2n) is 6.41. The van der Waals surface area contributed by atoms with Crippen LogP contribution < -0.4 is 5.32 Å². The Kier molecular flexibility index (Phi) is 4.78. The first-order valence-corrected chi connectivity index (χ1v) is 8.95. The Bertz CT molecular complexity index is 678. The lowest BCUT2D eigenvalue weighted by Crippen LogP contribution is -2.56. The molecule has 1 aromatic carbocycles. The van der Waals surface area contributed by atoms with E-state index in [-0.39, 0.29) is 11.9 Å². The highest BCUT2D eigenvalue weighted by atomic mass is 32.1. The quantitative estimate of drug-likeness (QED) is 0.937. The highest BCUT2D eigenvalue weighted by Crippen LogP contribution is 2.27. The van der Waals surface area contributed by atoms with E-state index in [9.17, 15) is 4.79 Å². The van der Waals surface area contributed by atoms with Crippen molar-refractivity contribution >= 4 is 17.2 Å². The smallest absolute Gasteiger partial charge is 0.237 e. The van der Waals surface area contributed by atoms with Crippen molar-refractivity contribution in [3.8, 4) is 10.4 Å². The van der Waals surface area contributed by atoms with Crippen LogP contribution in [0.3, 0.4) is 0 Å². The van der Waals surface area contributed by atoms with Gasteiger partial charge in [-0.3, -0.25) is 9.69 Å². The van der Waals surface area contributed by atoms with Gasteiger partial charge in [-0.25, -0.2) is 4.98 Å². The number of hydrogen-bond acceptors (Lipinski definition) is 4. The summed E-state index contributed by atoms with van der Waals surface area (Å²) in [6.07, 6.45) is 0. The fraction of sp³-hybridized carbons (Fsp3) is 0.444. The Morgan fingerprint density at radius 3 is 2.70 bits per heavy atom. The van der Waals surface area contributed by atoms with Crippen LogP contribution in [0, 0.1) is 12.8 Å². The van der Waals surface area contributed by atoms with Crippen LogP contribution in [-0.2, 0) is 11.3 Å². The number of rotatable bonds is 4. The van der Waals surface area contributed by atoms with Crippen LogP contribution in [0.25, 0.3) is 10.4 Å². The van der Waals surface area contributed by atoms with Gasteiger partial charge in [-0.05, 0) is 24.0 Å². The molecule has 1 unspecified atom stereocenters. The van der Waals surface area contributed by atoms with Crippen molar-refractivity contribution < 1.29 is 4.79 Å². The zero-order valence-electron chi connectivity index (χ0n) is 13.9. The summed E-state index contributed by atoms with van der Waals surface area (Å²) in [5.41, 5.74) is 5.43. The predicted octanol–water partition coefficient (Wildman–Crippen LogP) is 3.07. The van der Waals surface area contributed by atoms with Crippen molar-refractivity contribution in [2.75, 3.05) is 13.1 Å². The highest BCUT2D eigenvalue weighted by molar-refractivity contribution is 7.13. The largest absolute Gasteiger partial charge is 0.353 e. The summed E-state index contributed by atoms with van der Waals surface area (Å²) >= 11 is 1.67. The second-order valence-corrected chi connectivity index (χ2v) is 7.27. The third-order valence-electron chi connectivity index (χ3n) is 4.34. The number of hydrogen-bond donors (Lipinski definition) is 1. The van der Waals surface area contributed by atoms with Gasteiger partial charge in [-0.1, -0.05) is 38.1 Å². The summed E-state index contributed by atoms with van der Waals surface area (Å²) in [4.78, 5) is 20.0. The lowest BCUT2D eigenvalue weighted by Gasteiger charge is -2.37. The summed E-state index contributed by atoms with van der Waals surface area (Å²) in [5, 5.41) is 2.98. The molecule has 2 heterocycles. The molecule has 4 nitrogen and oxygen atoms in total. The molecule has 1 aliphatic heterocycles. The third kappa shape index (κ3) is 3.46. The molecule has 0 radical (unpaired) electrons. The van der Waals surface area contributed by atoms with Crippen LogP contribution in [0.1, 0.15) is 25.1 Å². The van der Waals surface area contributed by atoms with Gasteiger partial charge in [0.2, 0.25) is 5.91 Å². The van der Waals surface area contributed by atoms with Gasteiger partial charge >= 0.3 is 0 Å². The van der Waals surface area contributed by atoms with Gasteiger partial charge in [-0.2, -0.15) is 0 Å². The van der Waals surface area contributed by atoms with Gasteiger partial charge in [0, 0.05) is 19.6 Å². The Balaban J connectivity index is 1.75. The van der Waals surface area contributed by atoms with Gasteiger partial charge in [0.1, 0.15) is 0 Å². The number of aromatic nitrogens is 1. The molecule has 1 saturated heterocycles. The Hall–Kier alpha value is -1.72. The van der Waals surface area contributed by atoms with Crippen LogP contribution in [0.15, 0.2) is 29.8 Å². The molecule has 0 saturated carbocycles. The lowest BCUT2D eigenvalue weighted by atomic mass is 9.98. The SMILES string of the molecule is Cc1ncsc1-c1ccc(CN2CCNC(=O)C2C(C)C)cc1. The lowest BCUT2D eigenvalue weighted by molar-refractivity contribution is -0.131. The molecule has 2 aromatic rings. The van der Waals surface area contributed by atoms with Gasteiger partial charge in [0.15, 0.2) is 0 Å². The summed E-state index contributed by atoms with van der Waals surface area (Å²) in [6, 6.07) is 8.61. The van der Waals surface area contributed by atoms with Crippen molar-refractivity contribution in [2.24, 2.45) is 5.92 Å². The predicted molar refractivity (Wildman–Crippen MR) is 94.3 cm³/mol. The second kappa shape index (κ2) is 6.81. The number of piperazine rings is 1. The van der Waals surface area contributed by atoms with Crippen LogP contribution in [-0.4, -0.2) is 34.9 Å². The van der Waals surface area contributed by atoms with Gasteiger partial charge < -0.3 is 5.32 Å². The number of nitrogens with one attached hydrogen (secondary N) is 1. The molecule has 0 bridgehead atoms. The minimum atomic E-state index is -0.0350. The van der Waals surface area contributed by atoms with Crippen molar-refractivity contribution in [3.63, 3.8) is 0 Å². The molecule has 23 heavy (non-hydrogen) atoms. The van der Waals surface area contributed by atoms with E-state index in [1.54, 1.807) is 11.3 Å². The highest BCUT2D eigenvalue weighted by Gasteiger charge is 2.31. The first-order chi connectivity index (χ1) is 11.1. The topological polar surface area (TPSA) is 45.2 Å². The minimum absolute atomic E-state index is 0.0350. The maximum atomic E-state index is 12.1. The number of aryl methyl sites for hydroxylation is 1. The van der Waals surface area contributed by atoms with Crippen molar-refractivity contribution in [1.29, 1.82) is 0 Å². The Morgan fingerprint density at radius 2 is 2.09 bits per heavy atom. The molecule has 1 amide bonds. The summed E-state index contributed by atoms with van der Waals surface area (Å²) in [5.74, 6) is 0.470. The first-order valence-electron chi connectivity index (χ1n) is 8.07. The first kappa shape index (κ1) is 16.1. The van der Waals surface area contributed by atoms with E-state index in [4.69, 9.17) is 0 Å². The normalized spacial score (nSPS) is 19.1. The van der Waals surface area contributed by atoms with E-state index < -0.39 is 0 Å². The number of carbonyl (C=O) groups excluding carboxylic acids is 1. The van der Waals surface area contributed by atoms with E-state index in [0.717, 1.165) is 25.3 Å². The molecular weight excluding hydrogens is 306 g/mol. The molecular formula is C18H23N3OS. The molecule has 1 aliphatic rings. The molecule has 1 fully saturated rings. The van der Waals surface area contributed by atoms with Crippen molar-refractivity contribution in [3.05, 3.63) is 41.0 Å². The average Bonchev–Trinajstić information content (AvgIpc) is 2.94. The number of thiazole rings is 1. The monoisotopic (exact) mass is 329 g/mol. The summed E-state index contributed by atoms with van der Waals surface area (Å²) < 4.78 is 0. The van der Waals surface area contributed by atoms with E-state index in [0.29, 0.717) is 5.92 Å². The van der Waals surface area contributed by atoms with E-state index in [1.807, 2.05) is 12.4 Å². The zero-order chi connectivity index (χ0) is 16.4. The maximum Gasteiger partial charge on any atom is 0.237 e. The molecule has 1 aromatic heterocycles. The zero-order valence-corrected chi connectivity index (χ0v) is 14.7. The molecule has 1 atom stereocenters. The number of nitrogens with zero attached hydrogens (tertiary/aromatic N) is 2. The fourth-order valence-electron chi connectivity index (χ4n) is 3.21. The molecule has 3 rings (SSSR count). The maximum absolute atomic E-state index is 12.1. The van der Waals surface area contributed by atoms with E-state index in [1.165, 1.54) is 16.0 Å². The van der Waals surface area contributed by atoms with Crippen LogP contribution in [0.5, 0.6) is 0 Å². The number of benzene rings is 1. The summed E-state index contributed by atoms with van der Waals surface area (Å²) in [7, 11) is 0. The molecule has 0 spiro atoms. The molecule has 122 valence electrons. The van der Waals surface area contributed by atoms with Gasteiger partial charge in [0.25, 0.3) is 0 Å². The van der Waals surface area contributed by atoms with E-state index >= 15 is 0 Å². The third-order valence-corrected chi connectivity index (χ3v) is 5.32. The van der Waals surface area contributed by atoms with Crippen LogP contribution in [0.4, 0.5) is 0 Å². The van der Waals surface area contributed by atoms with Gasteiger partial charge in [-0.15, -0.1) is 11.3 Å². The summed E-state index contributed by atoms with van der Waals surface area (Å²) in [6.45, 7) is 8.72. The van der Waals surface area contributed by atoms with Gasteiger partial charge in [0.05, 0.1) is 22.1 Å². The van der Waals surface area contributed by atoms with E-state index in [2.05, 4.69) is 53.3 Å². The Labute approximate surface area is 141 Å². The van der Waals surface area contributed by atoms with Crippen molar-refractivity contribution in [2.45, 2.75) is 33.4 Å². The molecule has 1 N–H and O–H groups in total. The molecule has 0 aliphatic carbocycles. The Morgan fingerprint density at radius 1 is 1.35 bits per heavy atom. The van der Waals surface area contributed by atoms with Crippen molar-refractivity contribution in [1.82, 2.24) is 15.2 Å². The fourth-order valence-corrected chi connectivity index (χ4v) is 4.02. The van der Waals surface area contributed by atoms with Crippen LogP contribution in [0.2, 0.25) is 0 Å². The number of amides is 1. The molecule has 5 heteroatoms. The standard InChI is InChI=1S/C18H23N3OS/c1-12(2)16-18(22)19-8-9-21(16)10-14-4-6-15(7-5-14)17-13(3)20-11-23-17/h4-7,11-12,16H,8-10H2,1-3H3,(H,19,22). The minimum Gasteiger partial charge on any atom is -0.353 e.